The number of aromatic carboxylic acids is 1. The number of fused-ring (bicyclic) bond motifs is 3. The molecule has 0 bridgehead atoms. The summed E-state index contributed by atoms with van der Waals surface area (Å²) >= 11 is 12.7. The first kappa shape index (κ1) is 27.4. The summed E-state index contributed by atoms with van der Waals surface area (Å²) in [5, 5.41) is 15.0. The summed E-state index contributed by atoms with van der Waals surface area (Å²) in [6, 6.07) is 9.83. The third-order valence-corrected chi connectivity index (χ3v) is 7.12. The molecule has 1 aliphatic heterocycles. The van der Waals surface area contributed by atoms with E-state index in [9.17, 15) is 14.7 Å². The quantitative estimate of drug-likeness (QED) is 0.315. The van der Waals surface area contributed by atoms with Crippen molar-refractivity contribution < 1.29 is 24.2 Å². The third kappa shape index (κ3) is 4.84. The summed E-state index contributed by atoms with van der Waals surface area (Å²) in [5.74, 6) is -0.567. The van der Waals surface area contributed by atoms with Crippen LogP contribution in [-0.2, 0) is 6.61 Å². The molecule has 1 N–H and O–H groups in total. The Hall–Kier alpha value is -4.15. The maximum absolute atomic E-state index is 13.7. The first-order chi connectivity index (χ1) is 18.9. The Morgan fingerprint density at radius 2 is 1.75 bits per heavy atom. The molecule has 0 aliphatic carbocycles. The van der Waals surface area contributed by atoms with Gasteiger partial charge in [0.2, 0.25) is 0 Å². The maximum Gasteiger partial charge on any atom is 0.354 e. The molecular weight excluding hydrogens is 557 g/mol. The number of benzene rings is 2. The van der Waals surface area contributed by atoms with E-state index in [1.165, 1.54) is 19.5 Å². The second-order valence-corrected chi connectivity index (χ2v) is 11.1. The highest BCUT2D eigenvalue weighted by molar-refractivity contribution is 6.34. The number of halogens is 2. The molecule has 0 radical (unpaired) electrons. The molecule has 4 aromatic rings. The van der Waals surface area contributed by atoms with E-state index in [1.54, 1.807) is 47.0 Å². The van der Waals surface area contributed by atoms with Crippen molar-refractivity contribution in [3.8, 4) is 39.7 Å². The fourth-order valence-electron chi connectivity index (χ4n) is 4.35. The van der Waals surface area contributed by atoms with Gasteiger partial charge in [0.15, 0.2) is 11.4 Å². The number of carbonyl (C=O) groups excluding carboxylic acids is 1. The predicted molar refractivity (Wildman–Crippen MR) is 150 cm³/mol. The molecule has 1 aliphatic rings. The van der Waals surface area contributed by atoms with Crippen molar-refractivity contribution in [2.75, 3.05) is 14.2 Å². The molecule has 3 heterocycles. The topological polar surface area (TPSA) is 120 Å². The lowest BCUT2D eigenvalue weighted by atomic mass is 9.97. The van der Waals surface area contributed by atoms with Crippen LogP contribution in [0.3, 0.4) is 0 Å². The Kier molecular flexibility index (Phi) is 6.93. The Morgan fingerprint density at radius 3 is 2.38 bits per heavy atom. The molecule has 0 atom stereocenters. The molecule has 12 heteroatoms. The van der Waals surface area contributed by atoms with Crippen LogP contribution in [0, 0.1) is 0 Å². The zero-order valence-electron chi connectivity index (χ0n) is 22.3. The Bertz CT molecular complexity index is 1660. The van der Waals surface area contributed by atoms with Gasteiger partial charge in [0.05, 0.1) is 24.2 Å². The summed E-state index contributed by atoms with van der Waals surface area (Å²) in [6.45, 7) is 5.88. The molecule has 2 aromatic heterocycles. The van der Waals surface area contributed by atoms with Crippen molar-refractivity contribution in [1.82, 2.24) is 24.6 Å². The molecule has 0 unspecified atom stereocenters. The smallest absolute Gasteiger partial charge is 0.354 e. The Morgan fingerprint density at radius 1 is 1.05 bits per heavy atom. The summed E-state index contributed by atoms with van der Waals surface area (Å²) in [6.07, 6.45) is 1.18. The van der Waals surface area contributed by atoms with Crippen LogP contribution in [0.4, 0.5) is 0 Å². The van der Waals surface area contributed by atoms with E-state index in [2.05, 4.69) is 9.97 Å². The number of hydrogen-bond donors (Lipinski definition) is 1. The molecule has 0 saturated heterocycles. The summed E-state index contributed by atoms with van der Waals surface area (Å²) < 4.78 is 13.3. The van der Waals surface area contributed by atoms with E-state index >= 15 is 0 Å². The van der Waals surface area contributed by atoms with Gasteiger partial charge in [-0.3, -0.25) is 4.79 Å². The molecule has 2 aromatic carbocycles. The van der Waals surface area contributed by atoms with Gasteiger partial charge in [-0.25, -0.2) is 19.4 Å². The van der Waals surface area contributed by atoms with E-state index in [1.807, 2.05) is 20.8 Å². The number of aromatic nitrogens is 4. The molecule has 0 fully saturated rings. The number of hydrogen-bond acceptors (Lipinski definition) is 7. The highest BCUT2D eigenvalue weighted by atomic mass is 35.5. The zero-order chi connectivity index (χ0) is 28.9. The van der Waals surface area contributed by atoms with Crippen molar-refractivity contribution in [1.29, 1.82) is 0 Å². The molecule has 206 valence electrons. The monoisotopic (exact) mass is 581 g/mol. The van der Waals surface area contributed by atoms with Crippen molar-refractivity contribution >= 4 is 35.1 Å². The van der Waals surface area contributed by atoms with Gasteiger partial charge in [-0.2, -0.15) is 5.10 Å². The van der Waals surface area contributed by atoms with E-state index in [0.29, 0.717) is 55.3 Å². The number of rotatable bonds is 5. The van der Waals surface area contributed by atoms with Gasteiger partial charge in [-0.1, -0.05) is 23.2 Å². The number of nitrogens with zero attached hydrogens (tertiary/aromatic N) is 5. The number of amides is 1. The molecular formula is C28H25Cl2N5O5. The van der Waals surface area contributed by atoms with Gasteiger partial charge in [0, 0.05) is 45.4 Å². The minimum Gasteiger partial charge on any atom is -0.496 e. The van der Waals surface area contributed by atoms with Crippen molar-refractivity contribution in [2.24, 2.45) is 0 Å². The highest BCUT2D eigenvalue weighted by Crippen LogP contribution is 2.46. The third-order valence-electron chi connectivity index (χ3n) is 6.68. The Balaban J connectivity index is 1.79. The van der Waals surface area contributed by atoms with Gasteiger partial charge in [-0.05, 0) is 51.1 Å². The van der Waals surface area contributed by atoms with E-state index < -0.39 is 11.5 Å². The average molecular weight is 582 g/mol. The number of carboxylic acid groups (broad SMARTS) is 1. The lowest BCUT2D eigenvalue weighted by molar-refractivity contribution is 0.0644. The minimum absolute atomic E-state index is 0.0782. The SMILES string of the molecule is COc1cc2c(cc1-c1cc(C(=O)O)ncn1)-c1c(c(C(=O)N(C)C(C)(C)C)nn1-c1cc(Cl)cc(Cl)c1)CO2. The van der Waals surface area contributed by atoms with Crippen LogP contribution < -0.4 is 9.47 Å². The van der Waals surface area contributed by atoms with Crippen LogP contribution in [0.15, 0.2) is 42.7 Å². The van der Waals surface area contributed by atoms with Crippen molar-refractivity contribution in [2.45, 2.75) is 32.9 Å². The molecule has 1 amide bonds. The number of methoxy groups -OCH3 is 1. The first-order valence-electron chi connectivity index (χ1n) is 12.2. The second kappa shape index (κ2) is 10.1. The van der Waals surface area contributed by atoms with Crippen LogP contribution in [-0.4, -0.2) is 61.3 Å². The fourth-order valence-corrected chi connectivity index (χ4v) is 4.87. The summed E-state index contributed by atoms with van der Waals surface area (Å²) in [7, 11) is 3.22. The van der Waals surface area contributed by atoms with Gasteiger partial charge in [0.25, 0.3) is 5.91 Å². The van der Waals surface area contributed by atoms with Crippen LogP contribution in [0.1, 0.15) is 47.3 Å². The fraction of sp³-hybridized carbons (Fsp3) is 0.250. The number of ether oxygens (including phenoxy) is 2. The average Bonchev–Trinajstić information content (AvgIpc) is 3.30. The van der Waals surface area contributed by atoms with Gasteiger partial charge < -0.3 is 19.5 Å². The van der Waals surface area contributed by atoms with Crippen LogP contribution in [0.5, 0.6) is 11.5 Å². The predicted octanol–water partition coefficient (Wildman–Crippen LogP) is 5.77. The van der Waals surface area contributed by atoms with Crippen LogP contribution >= 0.6 is 23.2 Å². The standard InChI is InChI=1S/C28H25Cl2N5O5/c1-28(2,3)34(4)26(36)24-19-12-40-23-11-22(39-5)17(20-10-21(27(37)38)32-13-31-20)9-18(23)25(19)35(33-24)16-7-14(29)6-15(30)8-16/h6-11,13H,12H2,1-5H3,(H,37,38). The Labute approximate surface area is 240 Å². The lowest BCUT2D eigenvalue weighted by Gasteiger charge is -2.31. The number of carboxylic acids is 1. The molecule has 10 nitrogen and oxygen atoms in total. The van der Waals surface area contributed by atoms with E-state index in [-0.39, 0.29) is 23.9 Å². The lowest BCUT2D eigenvalue weighted by Crippen LogP contribution is -2.43. The minimum atomic E-state index is -1.19. The normalized spacial score (nSPS) is 12.3. The largest absolute Gasteiger partial charge is 0.496 e. The second-order valence-electron chi connectivity index (χ2n) is 10.2. The van der Waals surface area contributed by atoms with E-state index in [0.717, 1.165) is 0 Å². The van der Waals surface area contributed by atoms with Crippen LogP contribution in [0.2, 0.25) is 10.0 Å². The summed E-state index contributed by atoms with van der Waals surface area (Å²) in [4.78, 5) is 35.0. The summed E-state index contributed by atoms with van der Waals surface area (Å²) in [5.41, 5.74) is 2.74. The van der Waals surface area contributed by atoms with Crippen molar-refractivity contribution in [3.05, 3.63) is 69.7 Å². The van der Waals surface area contributed by atoms with E-state index in [4.69, 9.17) is 37.8 Å². The van der Waals surface area contributed by atoms with Gasteiger partial charge in [0.1, 0.15) is 24.4 Å². The molecule has 40 heavy (non-hydrogen) atoms. The van der Waals surface area contributed by atoms with Gasteiger partial charge in [-0.15, -0.1) is 0 Å². The maximum atomic E-state index is 13.7. The number of carbonyl (C=O) groups is 2. The molecule has 0 spiro atoms. The molecule has 0 saturated carbocycles. The highest BCUT2D eigenvalue weighted by Gasteiger charge is 2.35. The first-order valence-corrected chi connectivity index (χ1v) is 12.9. The zero-order valence-corrected chi connectivity index (χ0v) is 23.8. The molecule has 5 rings (SSSR count). The van der Waals surface area contributed by atoms with Gasteiger partial charge >= 0.3 is 5.97 Å². The van der Waals surface area contributed by atoms with Crippen molar-refractivity contribution in [3.63, 3.8) is 0 Å². The van der Waals surface area contributed by atoms with Crippen LogP contribution in [0.25, 0.3) is 28.2 Å².